The minimum Gasteiger partial charge on any atom is -0.508 e. The number of alkyl carbamates (subject to hydrolysis) is 1. The van der Waals surface area contributed by atoms with Gasteiger partial charge in [0.05, 0.1) is 19.4 Å². The molecule has 8 nitrogen and oxygen atoms in total. The van der Waals surface area contributed by atoms with E-state index in [0.717, 1.165) is 5.56 Å². The molecular formula is C22H27N3O5. The normalized spacial score (nSPS) is 12.4. The Morgan fingerprint density at radius 3 is 2.53 bits per heavy atom. The lowest BCUT2D eigenvalue weighted by molar-refractivity contribution is -0.124. The van der Waals surface area contributed by atoms with Gasteiger partial charge in [0.15, 0.2) is 0 Å². The zero-order chi connectivity index (χ0) is 22.0. The van der Waals surface area contributed by atoms with Crippen LogP contribution in [-0.2, 0) is 20.9 Å². The molecule has 2 rings (SSSR count). The molecule has 8 heteroatoms. The average Bonchev–Trinajstić information content (AvgIpc) is 2.66. The van der Waals surface area contributed by atoms with E-state index in [1.165, 1.54) is 18.3 Å². The number of hydrogen-bond acceptors (Lipinski definition) is 6. The zero-order valence-electron chi connectivity index (χ0n) is 17.3. The van der Waals surface area contributed by atoms with Gasteiger partial charge in [-0.15, -0.1) is 0 Å². The number of hydrogen-bond donors (Lipinski definition) is 3. The van der Waals surface area contributed by atoms with Crippen LogP contribution in [0.2, 0.25) is 0 Å². The smallest absolute Gasteiger partial charge is 0.408 e. The SMILES string of the molecule is CC(C)(C)OC(=O)N[C@@H](COCc1ccccc1)C(=O)N/N=C\c1cccc(O)c1. The van der Waals surface area contributed by atoms with Crippen molar-refractivity contribution in [2.75, 3.05) is 6.61 Å². The molecule has 0 aliphatic carbocycles. The quantitative estimate of drug-likeness (QED) is 0.455. The minimum atomic E-state index is -1.01. The number of aromatic hydroxyl groups is 1. The molecule has 0 fully saturated rings. The highest BCUT2D eigenvalue weighted by atomic mass is 16.6. The highest BCUT2D eigenvalue weighted by molar-refractivity contribution is 5.87. The van der Waals surface area contributed by atoms with Crippen molar-refractivity contribution in [3.63, 3.8) is 0 Å². The second-order valence-electron chi connectivity index (χ2n) is 7.53. The zero-order valence-corrected chi connectivity index (χ0v) is 17.3. The van der Waals surface area contributed by atoms with Crippen LogP contribution in [0.5, 0.6) is 5.75 Å². The van der Waals surface area contributed by atoms with E-state index in [1.807, 2.05) is 30.3 Å². The van der Waals surface area contributed by atoms with Gasteiger partial charge in [-0.2, -0.15) is 5.10 Å². The molecule has 3 N–H and O–H groups in total. The van der Waals surface area contributed by atoms with Gasteiger partial charge in [0.1, 0.15) is 17.4 Å². The average molecular weight is 413 g/mol. The largest absolute Gasteiger partial charge is 0.508 e. The van der Waals surface area contributed by atoms with E-state index in [-0.39, 0.29) is 19.0 Å². The van der Waals surface area contributed by atoms with Crippen molar-refractivity contribution in [1.29, 1.82) is 0 Å². The molecule has 0 spiro atoms. The molecule has 0 aliphatic heterocycles. The van der Waals surface area contributed by atoms with Crippen LogP contribution in [0.4, 0.5) is 4.79 Å². The summed E-state index contributed by atoms with van der Waals surface area (Å²) in [6.07, 6.45) is 0.649. The summed E-state index contributed by atoms with van der Waals surface area (Å²) in [4.78, 5) is 24.6. The van der Waals surface area contributed by atoms with Crippen molar-refractivity contribution in [2.45, 2.75) is 39.0 Å². The Hall–Kier alpha value is -3.39. The van der Waals surface area contributed by atoms with Gasteiger partial charge in [-0.3, -0.25) is 4.79 Å². The number of nitrogens with one attached hydrogen (secondary N) is 2. The summed E-state index contributed by atoms with van der Waals surface area (Å²) < 4.78 is 10.8. The molecule has 0 saturated heterocycles. The first kappa shape index (κ1) is 22.9. The summed E-state index contributed by atoms with van der Waals surface area (Å²) in [5.74, 6) is -0.477. The Balaban J connectivity index is 1.97. The van der Waals surface area contributed by atoms with E-state index in [4.69, 9.17) is 9.47 Å². The van der Waals surface area contributed by atoms with Crippen molar-refractivity contribution in [3.05, 3.63) is 65.7 Å². The molecule has 2 amide bonds. The van der Waals surface area contributed by atoms with Gasteiger partial charge in [-0.1, -0.05) is 42.5 Å². The van der Waals surface area contributed by atoms with Gasteiger partial charge in [0.25, 0.3) is 5.91 Å². The van der Waals surface area contributed by atoms with Gasteiger partial charge in [0, 0.05) is 0 Å². The first-order chi connectivity index (χ1) is 14.2. The summed E-state index contributed by atoms with van der Waals surface area (Å²) in [6.45, 7) is 5.40. The number of nitrogens with zero attached hydrogens (tertiary/aromatic N) is 1. The Morgan fingerprint density at radius 2 is 1.87 bits per heavy atom. The Kier molecular flexibility index (Phi) is 8.37. The first-order valence-corrected chi connectivity index (χ1v) is 9.46. The maximum absolute atomic E-state index is 12.5. The fraction of sp³-hybridized carbons (Fsp3) is 0.318. The van der Waals surface area contributed by atoms with Gasteiger partial charge in [-0.25, -0.2) is 10.2 Å². The fourth-order valence-corrected chi connectivity index (χ4v) is 2.36. The van der Waals surface area contributed by atoms with Crippen LogP contribution >= 0.6 is 0 Å². The predicted octanol–water partition coefficient (Wildman–Crippen LogP) is 2.95. The van der Waals surface area contributed by atoms with E-state index < -0.39 is 23.6 Å². The van der Waals surface area contributed by atoms with Crippen molar-refractivity contribution in [3.8, 4) is 5.75 Å². The summed E-state index contributed by atoms with van der Waals surface area (Å²) >= 11 is 0. The highest BCUT2D eigenvalue weighted by Gasteiger charge is 2.24. The van der Waals surface area contributed by atoms with Crippen LogP contribution in [-0.4, -0.2) is 41.6 Å². The molecule has 0 aromatic heterocycles. The van der Waals surface area contributed by atoms with Crippen molar-refractivity contribution in [1.82, 2.24) is 10.7 Å². The summed E-state index contributed by atoms with van der Waals surface area (Å²) in [5, 5.41) is 15.8. The summed E-state index contributed by atoms with van der Waals surface area (Å²) in [7, 11) is 0. The highest BCUT2D eigenvalue weighted by Crippen LogP contribution is 2.09. The minimum absolute atomic E-state index is 0.0678. The van der Waals surface area contributed by atoms with Crippen molar-refractivity contribution >= 4 is 18.2 Å². The molecule has 1 atom stereocenters. The Morgan fingerprint density at radius 1 is 1.13 bits per heavy atom. The third-order valence-corrected chi connectivity index (χ3v) is 3.66. The topological polar surface area (TPSA) is 109 Å². The number of ether oxygens (including phenoxy) is 2. The Labute approximate surface area is 175 Å². The first-order valence-electron chi connectivity index (χ1n) is 9.46. The van der Waals surface area contributed by atoms with E-state index in [2.05, 4.69) is 15.8 Å². The van der Waals surface area contributed by atoms with Crippen LogP contribution in [0.25, 0.3) is 0 Å². The lowest BCUT2D eigenvalue weighted by Crippen LogP contribution is -2.49. The molecule has 160 valence electrons. The van der Waals surface area contributed by atoms with E-state index in [9.17, 15) is 14.7 Å². The monoisotopic (exact) mass is 413 g/mol. The van der Waals surface area contributed by atoms with E-state index in [1.54, 1.807) is 32.9 Å². The molecule has 30 heavy (non-hydrogen) atoms. The van der Waals surface area contributed by atoms with Crippen molar-refractivity contribution < 1.29 is 24.2 Å². The maximum atomic E-state index is 12.5. The number of amides is 2. The Bertz CT molecular complexity index is 863. The number of phenolic OH excluding ortho intramolecular Hbond substituents is 1. The molecule has 0 saturated carbocycles. The van der Waals surface area contributed by atoms with Gasteiger partial charge in [-0.05, 0) is 44.0 Å². The standard InChI is InChI=1S/C22H27N3O5/c1-22(2,3)30-21(28)24-19(15-29-14-16-8-5-4-6-9-16)20(27)25-23-13-17-10-7-11-18(26)12-17/h4-13,19,26H,14-15H2,1-3H3,(H,24,28)(H,25,27)/b23-13-/t19-/m0/s1. The third-order valence-electron chi connectivity index (χ3n) is 3.66. The number of benzene rings is 2. The lowest BCUT2D eigenvalue weighted by atomic mass is 10.2. The fourth-order valence-electron chi connectivity index (χ4n) is 2.36. The predicted molar refractivity (Wildman–Crippen MR) is 113 cm³/mol. The van der Waals surface area contributed by atoms with Crippen LogP contribution in [0.15, 0.2) is 59.7 Å². The number of hydrazone groups is 1. The third kappa shape index (κ3) is 8.74. The van der Waals surface area contributed by atoms with Crippen LogP contribution in [0.3, 0.4) is 0 Å². The molecular weight excluding hydrogens is 386 g/mol. The molecule has 2 aromatic carbocycles. The number of carbonyl (C=O) groups excluding carboxylic acids is 2. The summed E-state index contributed by atoms with van der Waals surface area (Å²) in [5.41, 5.74) is 3.21. The van der Waals surface area contributed by atoms with E-state index in [0.29, 0.717) is 5.56 Å². The molecule has 0 radical (unpaired) electrons. The maximum Gasteiger partial charge on any atom is 0.408 e. The molecule has 0 aliphatic rings. The molecule has 0 heterocycles. The van der Waals surface area contributed by atoms with E-state index >= 15 is 0 Å². The lowest BCUT2D eigenvalue weighted by Gasteiger charge is -2.22. The van der Waals surface area contributed by atoms with Gasteiger partial charge < -0.3 is 19.9 Å². The molecule has 2 aromatic rings. The van der Waals surface area contributed by atoms with Crippen molar-refractivity contribution in [2.24, 2.45) is 5.10 Å². The molecule has 0 unspecified atom stereocenters. The molecule has 0 bridgehead atoms. The van der Waals surface area contributed by atoms with Gasteiger partial charge in [0.2, 0.25) is 0 Å². The summed E-state index contributed by atoms with van der Waals surface area (Å²) in [6, 6.07) is 14.9. The second kappa shape index (κ2) is 11.0. The van der Waals surface area contributed by atoms with Crippen LogP contribution < -0.4 is 10.7 Å². The van der Waals surface area contributed by atoms with Gasteiger partial charge >= 0.3 is 6.09 Å². The number of rotatable bonds is 8. The second-order valence-corrected chi connectivity index (χ2v) is 7.53. The number of phenols is 1. The van der Waals surface area contributed by atoms with Crippen LogP contribution in [0.1, 0.15) is 31.9 Å². The van der Waals surface area contributed by atoms with Crippen LogP contribution in [0, 0.1) is 0 Å². The number of carbonyl (C=O) groups is 2.